The van der Waals surface area contributed by atoms with Crippen molar-refractivity contribution in [2.45, 2.75) is 19.4 Å². The minimum atomic E-state index is -1.21. The molecule has 4 rings (SSSR count). The maximum absolute atomic E-state index is 12.6. The Morgan fingerprint density at radius 2 is 1.49 bits per heavy atom. The zero-order valence-electron chi connectivity index (χ0n) is 19.8. The first-order valence-corrected chi connectivity index (χ1v) is 11.3. The number of hydrogen-bond donors (Lipinski definition) is 5. The van der Waals surface area contributed by atoms with Crippen LogP contribution >= 0.6 is 0 Å². The summed E-state index contributed by atoms with van der Waals surface area (Å²) in [6.45, 7) is 1.96. The highest BCUT2D eigenvalue weighted by atomic mass is 16.5. The Labute approximate surface area is 211 Å². The van der Waals surface area contributed by atoms with Gasteiger partial charge in [0.1, 0.15) is 17.5 Å². The molecule has 10 heteroatoms. The predicted molar refractivity (Wildman–Crippen MR) is 136 cm³/mol. The van der Waals surface area contributed by atoms with Crippen LogP contribution in [0.5, 0.6) is 5.75 Å². The number of aromatic nitrogens is 1. The summed E-state index contributed by atoms with van der Waals surface area (Å²) in [6.07, 6.45) is 0.0221. The highest BCUT2D eigenvalue weighted by molar-refractivity contribution is 6.00. The molecule has 0 spiro atoms. The zero-order valence-corrected chi connectivity index (χ0v) is 19.8. The number of amides is 3. The number of urea groups is 1. The van der Waals surface area contributed by atoms with E-state index in [2.05, 4.69) is 21.1 Å². The Kier molecular flexibility index (Phi) is 7.48. The lowest BCUT2D eigenvalue weighted by Gasteiger charge is -2.13. The third-order valence-corrected chi connectivity index (χ3v) is 5.46. The van der Waals surface area contributed by atoms with Gasteiger partial charge in [0.15, 0.2) is 0 Å². The largest absolute Gasteiger partial charge is 0.508 e. The summed E-state index contributed by atoms with van der Waals surface area (Å²) in [5, 5.41) is 30.7. The molecule has 4 aromatic rings. The lowest BCUT2D eigenvalue weighted by Crippen LogP contribution is -2.42. The number of carbonyl (C=O) groups excluding carboxylic acids is 2. The summed E-state index contributed by atoms with van der Waals surface area (Å²) < 4.78 is 5.13. The van der Waals surface area contributed by atoms with E-state index in [4.69, 9.17) is 4.52 Å². The minimum absolute atomic E-state index is 0.0221. The van der Waals surface area contributed by atoms with E-state index in [9.17, 15) is 24.6 Å². The fraction of sp³-hybridized carbons (Fsp3) is 0.111. The topological polar surface area (TPSA) is 154 Å². The number of phenols is 1. The summed E-state index contributed by atoms with van der Waals surface area (Å²) >= 11 is 0. The molecule has 3 aromatic carbocycles. The number of aromatic hydroxyl groups is 1. The van der Waals surface area contributed by atoms with Gasteiger partial charge in [0.25, 0.3) is 5.91 Å². The van der Waals surface area contributed by atoms with Crippen LogP contribution in [0.3, 0.4) is 0 Å². The van der Waals surface area contributed by atoms with Gasteiger partial charge in [0.05, 0.1) is 0 Å². The number of carboxylic acid groups (broad SMARTS) is 1. The summed E-state index contributed by atoms with van der Waals surface area (Å²) in [5.74, 6) is -2.03. The molecular formula is C27H24N4O6. The number of aryl methyl sites for hydroxylation is 1. The normalized spacial score (nSPS) is 11.4. The molecule has 0 aliphatic carbocycles. The van der Waals surface area contributed by atoms with Crippen molar-refractivity contribution in [1.29, 1.82) is 0 Å². The van der Waals surface area contributed by atoms with E-state index in [1.54, 1.807) is 36.4 Å². The number of nitrogens with zero attached hydrogens (tertiary/aromatic N) is 1. The molecule has 0 saturated carbocycles. The molecule has 0 aliphatic rings. The molecule has 3 amide bonds. The van der Waals surface area contributed by atoms with Gasteiger partial charge in [-0.25, -0.2) is 9.59 Å². The van der Waals surface area contributed by atoms with Crippen LogP contribution in [0.25, 0.3) is 11.3 Å². The highest BCUT2D eigenvalue weighted by Gasteiger charge is 2.23. The van der Waals surface area contributed by atoms with E-state index < -0.39 is 23.9 Å². The molecule has 0 aliphatic heterocycles. The van der Waals surface area contributed by atoms with E-state index >= 15 is 0 Å². The fourth-order valence-electron chi connectivity index (χ4n) is 3.47. The average Bonchev–Trinajstić information content (AvgIpc) is 3.37. The number of hydrogen-bond acceptors (Lipinski definition) is 6. The van der Waals surface area contributed by atoms with Gasteiger partial charge in [-0.2, -0.15) is 0 Å². The van der Waals surface area contributed by atoms with Crippen molar-refractivity contribution in [3.63, 3.8) is 0 Å². The van der Waals surface area contributed by atoms with Crippen LogP contribution in [-0.2, 0) is 11.2 Å². The van der Waals surface area contributed by atoms with E-state index in [1.165, 1.54) is 18.2 Å². The molecule has 0 bridgehead atoms. The van der Waals surface area contributed by atoms with Crippen LogP contribution in [0.15, 0.2) is 83.4 Å². The molecular weight excluding hydrogens is 476 g/mol. The van der Waals surface area contributed by atoms with Crippen molar-refractivity contribution >= 4 is 29.3 Å². The van der Waals surface area contributed by atoms with Gasteiger partial charge in [-0.1, -0.05) is 47.1 Å². The number of rotatable bonds is 8. The summed E-state index contributed by atoms with van der Waals surface area (Å²) in [5.41, 5.74) is 3.93. The van der Waals surface area contributed by atoms with E-state index in [0.29, 0.717) is 28.2 Å². The number of aliphatic carboxylic acids is 1. The second kappa shape index (κ2) is 11.1. The number of carboxylic acids is 1. The molecule has 5 N–H and O–H groups in total. The van der Waals surface area contributed by atoms with Crippen molar-refractivity contribution < 1.29 is 29.1 Å². The second-order valence-electron chi connectivity index (χ2n) is 8.33. The number of benzene rings is 3. The van der Waals surface area contributed by atoms with Gasteiger partial charge < -0.3 is 30.7 Å². The van der Waals surface area contributed by atoms with Gasteiger partial charge >= 0.3 is 12.0 Å². The first kappa shape index (κ1) is 25.0. The van der Waals surface area contributed by atoms with Crippen LogP contribution in [0, 0.1) is 6.92 Å². The molecule has 0 unspecified atom stereocenters. The van der Waals surface area contributed by atoms with Gasteiger partial charge in [-0.05, 0) is 48.9 Å². The van der Waals surface area contributed by atoms with Crippen LogP contribution in [0.4, 0.5) is 16.2 Å². The number of nitrogens with one attached hydrogen (secondary N) is 3. The monoisotopic (exact) mass is 500 g/mol. The van der Waals surface area contributed by atoms with Crippen LogP contribution in [-0.4, -0.2) is 39.3 Å². The van der Waals surface area contributed by atoms with Crippen molar-refractivity contribution in [1.82, 2.24) is 10.5 Å². The Hall–Kier alpha value is -5.12. The third-order valence-electron chi connectivity index (χ3n) is 5.46. The molecule has 1 heterocycles. The third kappa shape index (κ3) is 6.73. The maximum Gasteiger partial charge on any atom is 0.326 e. The minimum Gasteiger partial charge on any atom is -0.508 e. The quantitative estimate of drug-likeness (QED) is 0.240. The van der Waals surface area contributed by atoms with Crippen molar-refractivity contribution in [3.05, 3.63) is 95.7 Å². The summed E-state index contributed by atoms with van der Waals surface area (Å²) in [4.78, 5) is 36.5. The lowest BCUT2D eigenvalue weighted by molar-refractivity contribution is -0.139. The first-order chi connectivity index (χ1) is 17.8. The predicted octanol–water partition coefficient (Wildman–Crippen LogP) is 4.43. The van der Waals surface area contributed by atoms with Crippen LogP contribution < -0.4 is 16.0 Å². The molecule has 0 radical (unpaired) electrons. The van der Waals surface area contributed by atoms with Crippen LogP contribution in [0.1, 0.15) is 21.7 Å². The molecule has 10 nitrogen and oxygen atoms in total. The Balaban J connectivity index is 1.36. The van der Waals surface area contributed by atoms with Gasteiger partial charge in [-0.3, -0.25) is 4.79 Å². The van der Waals surface area contributed by atoms with Crippen molar-refractivity contribution in [2.75, 3.05) is 10.6 Å². The summed E-state index contributed by atoms with van der Waals surface area (Å²) in [7, 11) is 0. The SMILES string of the molecule is Cc1ccc(NC(=O)Nc2ccc(-c3cc(C(=O)N[C@@H](Cc4ccc(O)cc4)C(=O)O)on3)cc2)cc1. The fourth-order valence-corrected chi connectivity index (χ4v) is 3.47. The standard InChI is InChI=1S/C27H24N4O6/c1-16-2-8-19(9-3-16)28-27(36)29-20-10-6-18(7-11-20)22-15-24(37-31-22)25(33)30-23(26(34)35)14-17-4-12-21(32)13-5-17/h2-13,15,23,32H,14H2,1H3,(H,30,33)(H,34,35)(H2,28,29,36)/t23-/m0/s1. The van der Waals surface area contributed by atoms with Crippen LogP contribution in [0.2, 0.25) is 0 Å². The Bertz CT molecular complexity index is 1400. The van der Waals surface area contributed by atoms with E-state index in [-0.39, 0.29) is 17.9 Å². The first-order valence-electron chi connectivity index (χ1n) is 11.3. The molecule has 37 heavy (non-hydrogen) atoms. The average molecular weight is 501 g/mol. The number of phenolic OH excluding ortho intramolecular Hbond substituents is 1. The Morgan fingerprint density at radius 1 is 0.892 bits per heavy atom. The molecule has 1 atom stereocenters. The zero-order chi connectivity index (χ0) is 26.4. The Morgan fingerprint density at radius 3 is 2.08 bits per heavy atom. The van der Waals surface area contributed by atoms with Crippen molar-refractivity contribution in [2.24, 2.45) is 0 Å². The highest BCUT2D eigenvalue weighted by Crippen LogP contribution is 2.22. The van der Waals surface area contributed by atoms with Gasteiger partial charge in [-0.15, -0.1) is 0 Å². The van der Waals surface area contributed by atoms with Gasteiger partial charge in [0, 0.05) is 29.4 Å². The smallest absolute Gasteiger partial charge is 0.326 e. The van der Waals surface area contributed by atoms with Gasteiger partial charge in [0.2, 0.25) is 5.76 Å². The maximum atomic E-state index is 12.6. The molecule has 1 aromatic heterocycles. The lowest BCUT2D eigenvalue weighted by atomic mass is 10.1. The summed E-state index contributed by atoms with van der Waals surface area (Å²) in [6, 6.07) is 20.0. The molecule has 0 saturated heterocycles. The van der Waals surface area contributed by atoms with Crippen molar-refractivity contribution in [3.8, 4) is 17.0 Å². The second-order valence-corrected chi connectivity index (χ2v) is 8.33. The molecule has 0 fully saturated rings. The number of carbonyl (C=O) groups is 3. The van der Waals surface area contributed by atoms with E-state index in [0.717, 1.165) is 5.56 Å². The number of anilines is 2. The van der Waals surface area contributed by atoms with E-state index in [1.807, 2.05) is 31.2 Å². The molecule has 188 valence electrons.